The largest absolute Gasteiger partial charge is 0.456 e. The average Bonchev–Trinajstić information content (AvgIpc) is 3.75. The first-order chi connectivity index (χ1) is 25.1. The number of hydrogen-bond acceptors (Lipinski definition) is 5. The minimum absolute atomic E-state index is 0.561. The summed E-state index contributed by atoms with van der Waals surface area (Å²) in [5.41, 5.74) is 10.4. The maximum absolute atomic E-state index is 6.24. The van der Waals surface area contributed by atoms with Gasteiger partial charge in [0.2, 0.25) is 0 Å². The molecule has 3 heterocycles. The third-order valence-electron chi connectivity index (χ3n) is 9.41. The van der Waals surface area contributed by atoms with Crippen LogP contribution < -0.4 is 0 Å². The van der Waals surface area contributed by atoms with Gasteiger partial charge < -0.3 is 8.83 Å². The average molecular weight is 721 g/mol. The number of hydrogen-bond donors (Lipinski definition) is 0. The van der Waals surface area contributed by atoms with Crippen molar-refractivity contribution < 1.29 is 8.83 Å². The molecule has 0 radical (unpaired) electrons. The zero-order valence-electron chi connectivity index (χ0n) is 27.0. The Morgan fingerprint density at radius 3 is 1.25 bits per heavy atom. The molecule has 5 nitrogen and oxygen atoms in total. The minimum Gasteiger partial charge on any atom is -0.456 e. The summed E-state index contributed by atoms with van der Waals surface area (Å²) in [6, 6.07) is 53.8. The predicted octanol–water partition coefficient (Wildman–Crippen LogP) is 12.8. The fourth-order valence-electron chi connectivity index (χ4n) is 6.85. The topological polar surface area (TPSA) is 65.0 Å². The van der Waals surface area contributed by atoms with E-state index in [2.05, 4.69) is 113 Å². The molecular weight excluding hydrogens is 694 g/mol. The summed E-state index contributed by atoms with van der Waals surface area (Å²) in [4.78, 5) is 15.2. The highest BCUT2D eigenvalue weighted by Gasteiger charge is 2.17. The van der Waals surface area contributed by atoms with Gasteiger partial charge in [-0.1, -0.05) is 119 Å². The fraction of sp³-hybridized carbons (Fsp3) is 0. The Morgan fingerprint density at radius 1 is 0.314 bits per heavy atom. The molecule has 0 amide bonds. The van der Waals surface area contributed by atoms with Crippen LogP contribution in [0, 0.1) is 0 Å². The maximum atomic E-state index is 6.24. The molecule has 10 aromatic rings. The quantitative estimate of drug-likeness (QED) is 0.177. The summed E-state index contributed by atoms with van der Waals surface area (Å²) < 4.78 is 13.5. The Balaban J connectivity index is 1.10. The summed E-state index contributed by atoms with van der Waals surface area (Å²) in [6.45, 7) is 0. The van der Waals surface area contributed by atoms with Crippen LogP contribution in [0.3, 0.4) is 0 Å². The maximum Gasteiger partial charge on any atom is 0.164 e. The second-order valence-corrected chi connectivity index (χ2v) is 13.5. The van der Waals surface area contributed by atoms with E-state index in [9.17, 15) is 0 Å². The first kappa shape index (κ1) is 29.5. The predicted molar refractivity (Wildman–Crippen MR) is 209 cm³/mol. The lowest BCUT2D eigenvalue weighted by atomic mass is 9.99. The van der Waals surface area contributed by atoms with Gasteiger partial charge in [0.15, 0.2) is 17.5 Å². The molecule has 0 aliphatic heterocycles. The highest BCUT2D eigenvalue weighted by atomic mass is 79.9. The van der Waals surface area contributed by atoms with E-state index in [1.807, 2.05) is 60.7 Å². The van der Waals surface area contributed by atoms with Crippen molar-refractivity contribution in [3.8, 4) is 56.4 Å². The van der Waals surface area contributed by atoms with Gasteiger partial charge in [-0.15, -0.1) is 0 Å². The van der Waals surface area contributed by atoms with Gasteiger partial charge in [0.05, 0.1) is 0 Å². The van der Waals surface area contributed by atoms with Crippen LogP contribution in [0.5, 0.6) is 0 Å². The SMILES string of the molecule is Brc1cccc(-c2ccc(-c3cccc(-c4nc(-c5ccc6c(c5)oc5ccccc56)nc(-c5ccc6c(c5)oc5ccccc56)n4)c3)cc2)c1. The highest BCUT2D eigenvalue weighted by Crippen LogP contribution is 2.35. The zero-order chi connectivity index (χ0) is 33.9. The van der Waals surface area contributed by atoms with Gasteiger partial charge in [-0.05, 0) is 76.9 Å². The molecular formula is C45H26BrN3O2. The Morgan fingerprint density at radius 2 is 0.725 bits per heavy atom. The van der Waals surface area contributed by atoms with Gasteiger partial charge >= 0.3 is 0 Å². The standard InChI is InChI=1S/C45H26BrN3O2/c46-34-10-6-8-30(24-34)28-17-15-27(16-18-28)29-7-5-9-31(23-29)43-47-44(32-19-21-37-35-11-1-3-13-39(35)50-41(37)25-32)49-45(48-43)33-20-22-38-36-12-2-4-14-40(36)51-42(38)26-33/h1-26H. The first-order valence-corrected chi connectivity index (χ1v) is 17.5. The smallest absolute Gasteiger partial charge is 0.164 e. The van der Waals surface area contributed by atoms with Crippen molar-refractivity contribution in [2.45, 2.75) is 0 Å². The molecule has 51 heavy (non-hydrogen) atoms. The number of rotatable bonds is 5. The summed E-state index contributed by atoms with van der Waals surface area (Å²) in [5.74, 6) is 1.70. The van der Waals surface area contributed by atoms with E-state index in [0.717, 1.165) is 87.3 Å². The lowest BCUT2D eigenvalue weighted by Gasteiger charge is -2.10. The van der Waals surface area contributed by atoms with Gasteiger partial charge in [-0.2, -0.15) is 0 Å². The third kappa shape index (κ3) is 5.28. The number of aromatic nitrogens is 3. The monoisotopic (exact) mass is 719 g/mol. The van der Waals surface area contributed by atoms with Crippen molar-refractivity contribution in [2.75, 3.05) is 0 Å². The number of nitrogens with zero attached hydrogens (tertiary/aromatic N) is 3. The number of para-hydroxylation sites is 2. The molecule has 0 aliphatic carbocycles. The van der Waals surface area contributed by atoms with Crippen molar-refractivity contribution in [2.24, 2.45) is 0 Å². The molecule has 7 aromatic carbocycles. The molecule has 10 rings (SSSR count). The molecule has 3 aromatic heterocycles. The van der Waals surface area contributed by atoms with E-state index in [1.165, 1.54) is 0 Å². The highest BCUT2D eigenvalue weighted by molar-refractivity contribution is 9.10. The van der Waals surface area contributed by atoms with Crippen molar-refractivity contribution in [1.29, 1.82) is 0 Å². The normalized spacial score (nSPS) is 11.6. The molecule has 0 unspecified atom stereocenters. The van der Waals surface area contributed by atoms with E-state index in [4.69, 9.17) is 23.8 Å². The number of furan rings is 2. The number of fused-ring (bicyclic) bond motifs is 6. The van der Waals surface area contributed by atoms with Crippen LogP contribution in [-0.2, 0) is 0 Å². The molecule has 0 atom stereocenters. The zero-order valence-corrected chi connectivity index (χ0v) is 28.6. The second-order valence-electron chi connectivity index (χ2n) is 12.6. The molecule has 6 heteroatoms. The van der Waals surface area contributed by atoms with Gasteiger partial charge in [-0.25, -0.2) is 15.0 Å². The van der Waals surface area contributed by atoms with E-state index >= 15 is 0 Å². The summed E-state index contributed by atoms with van der Waals surface area (Å²) in [6.07, 6.45) is 0. The summed E-state index contributed by atoms with van der Waals surface area (Å²) in [7, 11) is 0. The Labute approximate surface area is 301 Å². The fourth-order valence-corrected chi connectivity index (χ4v) is 7.25. The molecule has 0 bridgehead atoms. The van der Waals surface area contributed by atoms with E-state index in [0.29, 0.717) is 17.5 Å². The van der Waals surface area contributed by atoms with Crippen LogP contribution in [0.2, 0.25) is 0 Å². The van der Waals surface area contributed by atoms with E-state index < -0.39 is 0 Å². The van der Waals surface area contributed by atoms with Crippen molar-refractivity contribution in [3.63, 3.8) is 0 Å². The van der Waals surface area contributed by atoms with Gasteiger partial charge in [0, 0.05) is 42.7 Å². The molecule has 0 saturated carbocycles. The number of benzene rings is 7. The first-order valence-electron chi connectivity index (χ1n) is 16.7. The van der Waals surface area contributed by atoms with Gasteiger partial charge in [-0.3, -0.25) is 0 Å². The van der Waals surface area contributed by atoms with Crippen molar-refractivity contribution >= 4 is 59.8 Å². The van der Waals surface area contributed by atoms with Crippen LogP contribution >= 0.6 is 15.9 Å². The van der Waals surface area contributed by atoms with Crippen LogP contribution in [-0.4, -0.2) is 15.0 Å². The van der Waals surface area contributed by atoms with Crippen LogP contribution in [0.25, 0.3) is 100 Å². The Hall–Kier alpha value is -6.37. The third-order valence-corrected chi connectivity index (χ3v) is 9.90. The van der Waals surface area contributed by atoms with Crippen LogP contribution in [0.4, 0.5) is 0 Å². The summed E-state index contributed by atoms with van der Waals surface area (Å²) in [5, 5.41) is 4.27. The Kier molecular flexibility index (Phi) is 6.89. The number of halogens is 1. The van der Waals surface area contributed by atoms with Crippen LogP contribution in [0.15, 0.2) is 171 Å². The molecule has 0 spiro atoms. The van der Waals surface area contributed by atoms with Crippen LogP contribution in [0.1, 0.15) is 0 Å². The van der Waals surface area contributed by atoms with Crippen molar-refractivity contribution in [3.05, 3.63) is 162 Å². The Bertz CT molecular complexity index is 2810. The van der Waals surface area contributed by atoms with Gasteiger partial charge in [0.1, 0.15) is 22.3 Å². The van der Waals surface area contributed by atoms with E-state index in [-0.39, 0.29) is 0 Å². The lowest BCUT2D eigenvalue weighted by Crippen LogP contribution is -2.00. The second kappa shape index (κ2) is 11.9. The lowest BCUT2D eigenvalue weighted by molar-refractivity contribution is 0.668. The molecule has 0 aliphatic rings. The van der Waals surface area contributed by atoms with Gasteiger partial charge in [0.25, 0.3) is 0 Å². The molecule has 0 N–H and O–H groups in total. The molecule has 0 fully saturated rings. The summed E-state index contributed by atoms with van der Waals surface area (Å²) >= 11 is 3.59. The van der Waals surface area contributed by atoms with Crippen molar-refractivity contribution in [1.82, 2.24) is 15.0 Å². The minimum atomic E-state index is 0.561. The molecule has 240 valence electrons. The molecule has 0 saturated heterocycles. The van der Waals surface area contributed by atoms with E-state index in [1.54, 1.807) is 0 Å².